The van der Waals surface area contributed by atoms with E-state index in [4.69, 9.17) is 23.7 Å². The first-order valence-electron chi connectivity index (χ1n) is 20.1. The highest BCUT2D eigenvalue weighted by Crippen LogP contribution is 2.43. The highest BCUT2D eigenvalue weighted by Gasteiger charge is 2.52. The summed E-state index contributed by atoms with van der Waals surface area (Å²) >= 11 is 0. The van der Waals surface area contributed by atoms with Gasteiger partial charge in [-0.25, -0.2) is 9.59 Å². The molecule has 0 aromatic heterocycles. The molecule has 12 unspecified atom stereocenters. The zero-order valence-corrected chi connectivity index (χ0v) is 35.8. The van der Waals surface area contributed by atoms with Crippen molar-refractivity contribution in [1.29, 1.82) is 0 Å². The first-order chi connectivity index (χ1) is 27.1. The minimum atomic E-state index is -2.00. The molecule has 14 nitrogen and oxygen atoms in total. The lowest BCUT2D eigenvalue weighted by Gasteiger charge is -2.50. The number of aliphatic hydroxyl groups excluding tert-OH is 3. The largest absolute Gasteiger partial charge is 0.510 e. The van der Waals surface area contributed by atoms with Gasteiger partial charge >= 0.3 is 11.9 Å². The van der Waals surface area contributed by atoms with E-state index in [-0.39, 0.29) is 54.2 Å². The van der Waals surface area contributed by atoms with Crippen molar-refractivity contribution in [1.82, 2.24) is 5.32 Å². The van der Waals surface area contributed by atoms with Crippen molar-refractivity contribution >= 4 is 23.6 Å². The molecule has 0 radical (unpaired) electrons. The second-order valence-corrected chi connectivity index (χ2v) is 16.6. The molecule has 3 rings (SSSR count). The third-order valence-corrected chi connectivity index (χ3v) is 11.6. The number of carbonyl (C=O) groups excluding carboxylic acids is 4. The van der Waals surface area contributed by atoms with Crippen LogP contribution < -0.4 is 5.32 Å². The third kappa shape index (κ3) is 12.5. The Kier molecular flexibility index (Phi) is 17.7. The molecule has 2 aliphatic heterocycles. The van der Waals surface area contributed by atoms with Crippen LogP contribution in [0.25, 0.3) is 0 Å². The molecule has 1 fully saturated rings. The lowest BCUT2D eigenvalue weighted by atomic mass is 9.75. The van der Waals surface area contributed by atoms with Gasteiger partial charge in [0.1, 0.15) is 17.6 Å². The summed E-state index contributed by atoms with van der Waals surface area (Å²) in [6.07, 6.45) is 6.57. The van der Waals surface area contributed by atoms with Crippen LogP contribution >= 0.6 is 0 Å². The first kappa shape index (κ1) is 48.3. The maximum atomic E-state index is 13.5. The fourth-order valence-electron chi connectivity index (χ4n) is 7.99. The molecular formula is C44H65NO13. The van der Waals surface area contributed by atoms with Crippen LogP contribution in [0.4, 0.5) is 0 Å². The number of Topliss-reactive ketones (excluding diaryl/α,β-unsaturated/α-hetero) is 1. The number of allylic oxidation sites excluding steroid dienone is 7. The van der Waals surface area contributed by atoms with Gasteiger partial charge in [-0.05, 0) is 44.1 Å². The maximum absolute atomic E-state index is 13.5. The number of carbonyl (C=O) groups is 4. The molecule has 0 saturated carbocycles. The van der Waals surface area contributed by atoms with Gasteiger partial charge in [0.15, 0.2) is 11.6 Å². The predicted molar refractivity (Wildman–Crippen MR) is 215 cm³/mol. The van der Waals surface area contributed by atoms with Crippen LogP contribution in [0.2, 0.25) is 0 Å². The minimum Gasteiger partial charge on any atom is -0.510 e. The lowest BCUT2D eigenvalue weighted by Crippen LogP contribution is -2.59. The number of rotatable bonds is 11. The fraction of sp³-hybridized carbons (Fsp3) is 0.636. The SMILES string of the molecule is COC1=CC(C)=CC(C)C(O)C(C)CC(C)=CC=CC(C(C)C(O)C(C)C2(O)CC(OC(=O)C=CC(=O)NC3=C(O)CCC3=O)C(C)C(C(C)C)O2)C(OC)OC1=O. The van der Waals surface area contributed by atoms with Gasteiger partial charge in [-0.2, -0.15) is 0 Å². The number of aliphatic hydroxyl groups is 4. The summed E-state index contributed by atoms with van der Waals surface area (Å²) in [4.78, 5) is 50.9. The van der Waals surface area contributed by atoms with Crippen molar-refractivity contribution < 1.29 is 63.3 Å². The second kappa shape index (κ2) is 21.3. The molecule has 1 saturated heterocycles. The van der Waals surface area contributed by atoms with Crippen LogP contribution in [0.3, 0.4) is 0 Å². The molecule has 0 aromatic rings. The average molecular weight is 816 g/mol. The number of amides is 1. The van der Waals surface area contributed by atoms with Crippen LogP contribution in [0.15, 0.2) is 70.9 Å². The van der Waals surface area contributed by atoms with Gasteiger partial charge in [-0.3, -0.25) is 9.59 Å². The van der Waals surface area contributed by atoms with E-state index >= 15 is 0 Å². The van der Waals surface area contributed by atoms with Gasteiger partial charge in [0.05, 0.1) is 25.4 Å². The Balaban J connectivity index is 1.92. The standard InChI is InChI=1S/C44H65NO13/c1-23(2)41-29(8)35(56-37(49)18-17-36(48)45-38-32(46)15-16-33(38)47)22-44(53,58-41)30(9)40(51)28(7)31-14-12-13-24(3)19-26(5)39(50)27(6)20-25(4)21-34(54-10)42(52)57-43(31)55-11/h12-14,17-18,20-21,23,26-31,35,39-41,43,46,50-51,53H,15-16,19,22H2,1-11H3,(H,45,48). The van der Waals surface area contributed by atoms with Gasteiger partial charge in [-0.1, -0.05) is 83.9 Å². The quantitative estimate of drug-likeness (QED) is 0.134. The summed E-state index contributed by atoms with van der Waals surface area (Å²) in [6, 6.07) is 0. The highest BCUT2D eigenvalue weighted by atomic mass is 16.7. The molecule has 12 atom stereocenters. The Labute approximate surface area is 342 Å². The molecule has 5 N–H and O–H groups in total. The number of cyclic esters (lactones) is 1. The molecule has 0 bridgehead atoms. The van der Waals surface area contributed by atoms with Crippen molar-refractivity contribution in [3.8, 4) is 0 Å². The highest BCUT2D eigenvalue weighted by molar-refractivity contribution is 6.04. The molecule has 0 spiro atoms. The van der Waals surface area contributed by atoms with Crippen LogP contribution in [-0.4, -0.2) is 94.8 Å². The summed E-state index contributed by atoms with van der Waals surface area (Å²) < 4.78 is 29.1. The summed E-state index contributed by atoms with van der Waals surface area (Å²) in [7, 11) is 2.73. The zero-order valence-electron chi connectivity index (χ0n) is 35.8. The molecule has 2 heterocycles. The number of ketones is 1. The smallest absolute Gasteiger partial charge is 0.375 e. The number of hydrogen-bond acceptors (Lipinski definition) is 13. The summed E-state index contributed by atoms with van der Waals surface area (Å²) in [5.41, 5.74) is 1.48. The molecule has 14 heteroatoms. The van der Waals surface area contributed by atoms with Crippen LogP contribution in [0, 0.1) is 41.4 Å². The van der Waals surface area contributed by atoms with Crippen molar-refractivity contribution in [3.63, 3.8) is 0 Å². The van der Waals surface area contributed by atoms with Crippen LogP contribution in [0.1, 0.15) is 88.0 Å². The molecule has 1 aliphatic carbocycles. The van der Waals surface area contributed by atoms with E-state index in [2.05, 4.69) is 5.32 Å². The van der Waals surface area contributed by atoms with Gasteiger partial charge < -0.3 is 49.4 Å². The van der Waals surface area contributed by atoms with Crippen molar-refractivity contribution in [2.45, 2.75) is 124 Å². The van der Waals surface area contributed by atoms with E-state index in [1.54, 1.807) is 32.9 Å². The Morgan fingerprint density at radius 3 is 2.31 bits per heavy atom. The van der Waals surface area contributed by atoms with Gasteiger partial charge in [-0.15, -0.1) is 0 Å². The number of esters is 2. The Bertz CT molecular complexity index is 1670. The summed E-state index contributed by atoms with van der Waals surface area (Å²) in [5.74, 6) is -8.55. The van der Waals surface area contributed by atoms with E-state index in [0.717, 1.165) is 17.7 Å². The topological polar surface area (TPSA) is 207 Å². The Morgan fingerprint density at radius 1 is 1.05 bits per heavy atom. The van der Waals surface area contributed by atoms with Gasteiger partial charge in [0.25, 0.3) is 0 Å². The molecule has 3 aliphatic rings. The number of methoxy groups -OCH3 is 2. The number of ether oxygens (including phenoxy) is 5. The van der Waals surface area contributed by atoms with E-state index in [1.807, 2.05) is 53.7 Å². The Hall–Kier alpha value is -4.08. The molecule has 0 aromatic carbocycles. The van der Waals surface area contributed by atoms with Crippen LogP contribution in [0.5, 0.6) is 0 Å². The van der Waals surface area contributed by atoms with Crippen molar-refractivity contribution in [2.75, 3.05) is 14.2 Å². The Morgan fingerprint density at radius 2 is 1.72 bits per heavy atom. The summed E-state index contributed by atoms with van der Waals surface area (Å²) in [6.45, 7) is 16.6. The molecular weight excluding hydrogens is 750 g/mol. The predicted octanol–water partition coefficient (Wildman–Crippen LogP) is 5.25. The number of nitrogens with one attached hydrogen (secondary N) is 1. The van der Waals surface area contributed by atoms with E-state index < -0.39 is 83.8 Å². The van der Waals surface area contributed by atoms with Gasteiger partial charge in [0.2, 0.25) is 18.0 Å². The number of hydrogen-bond donors (Lipinski definition) is 5. The second-order valence-electron chi connectivity index (χ2n) is 16.6. The third-order valence-electron chi connectivity index (χ3n) is 11.6. The van der Waals surface area contributed by atoms with E-state index in [9.17, 15) is 39.6 Å². The molecule has 1 amide bonds. The van der Waals surface area contributed by atoms with Crippen molar-refractivity contribution in [2.24, 2.45) is 41.4 Å². The monoisotopic (exact) mass is 815 g/mol. The lowest BCUT2D eigenvalue weighted by molar-refractivity contribution is -0.329. The average Bonchev–Trinajstić information content (AvgIpc) is 3.48. The van der Waals surface area contributed by atoms with E-state index in [0.29, 0.717) is 12.0 Å². The first-order valence-corrected chi connectivity index (χ1v) is 20.1. The summed E-state index contributed by atoms with van der Waals surface area (Å²) in [5, 5.41) is 47.5. The molecule has 58 heavy (non-hydrogen) atoms. The fourth-order valence-corrected chi connectivity index (χ4v) is 7.99. The van der Waals surface area contributed by atoms with E-state index in [1.165, 1.54) is 20.3 Å². The van der Waals surface area contributed by atoms with Crippen LogP contribution in [-0.2, 0) is 42.9 Å². The zero-order chi connectivity index (χ0) is 43.6. The normalized spacial score (nSPS) is 32.2. The van der Waals surface area contributed by atoms with Crippen molar-refractivity contribution in [3.05, 3.63) is 70.9 Å². The molecule has 324 valence electrons. The van der Waals surface area contributed by atoms with Gasteiger partial charge in [0, 0.05) is 62.2 Å². The minimum absolute atomic E-state index is 0.0748. The maximum Gasteiger partial charge on any atom is 0.375 e.